The topological polar surface area (TPSA) is 78.3 Å². The van der Waals surface area contributed by atoms with Crippen LogP contribution < -0.4 is 14.8 Å². The number of rotatable bonds is 9. The first-order valence-corrected chi connectivity index (χ1v) is 10.6. The van der Waals surface area contributed by atoms with Crippen molar-refractivity contribution in [3.05, 3.63) is 54.1 Å². The van der Waals surface area contributed by atoms with Gasteiger partial charge in [0.2, 0.25) is 5.91 Å². The van der Waals surface area contributed by atoms with Crippen LogP contribution in [-0.2, 0) is 17.9 Å². The van der Waals surface area contributed by atoms with E-state index in [9.17, 15) is 4.79 Å². The lowest BCUT2D eigenvalue weighted by atomic mass is 10.2. The zero-order valence-corrected chi connectivity index (χ0v) is 18.4. The first-order valence-electron chi connectivity index (χ1n) is 9.71. The number of benzene rings is 2. The highest BCUT2D eigenvalue weighted by atomic mass is 32.2. The van der Waals surface area contributed by atoms with Gasteiger partial charge in [-0.1, -0.05) is 42.1 Å². The van der Waals surface area contributed by atoms with Crippen molar-refractivity contribution in [3.63, 3.8) is 0 Å². The molecule has 3 rings (SSSR count). The lowest BCUT2D eigenvalue weighted by molar-refractivity contribution is -0.120. The van der Waals surface area contributed by atoms with Crippen molar-refractivity contribution in [2.24, 2.45) is 0 Å². The molecule has 1 atom stereocenters. The molecule has 30 heavy (non-hydrogen) atoms. The number of para-hydroxylation sites is 2. The maximum absolute atomic E-state index is 12.6. The SMILES string of the molecule is CCn1c(SC(C)C(=O)NCc2ccccc2OC)nnc1-c1ccccc1OC. The summed E-state index contributed by atoms with van der Waals surface area (Å²) in [5.74, 6) is 2.14. The van der Waals surface area contributed by atoms with Gasteiger partial charge in [-0.05, 0) is 32.0 Å². The predicted octanol–water partition coefficient (Wildman–Crippen LogP) is 3.78. The standard InChI is InChI=1S/C22H26N4O3S/c1-5-26-20(17-11-7-9-13-19(17)29-4)24-25-22(26)30-15(2)21(27)23-14-16-10-6-8-12-18(16)28-3/h6-13,15H,5,14H2,1-4H3,(H,23,27). The number of ether oxygens (including phenoxy) is 2. The third-order valence-corrected chi connectivity index (χ3v) is 5.76. The van der Waals surface area contributed by atoms with Crippen molar-refractivity contribution in [3.8, 4) is 22.9 Å². The van der Waals surface area contributed by atoms with Crippen molar-refractivity contribution in [2.45, 2.75) is 37.3 Å². The van der Waals surface area contributed by atoms with E-state index in [1.165, 1.54) is 11.8 Å². The molecule has 0 radical (unpaired) electrons. The summed E-state index contributed by atoms with van der Waals surface area (Å²) in [6, 6.07) is 15.3. The average molecular weight is 427 g/mol. The molecule has 0 saturated carbocycles. The molecule has 7 nitrogen and oxygen atoms in total. The van der Waals surface area contributed by atoms with Crippen LogP contribution in [0, 0.1) is 0 Å². The van der Waals surface area contributed by atoms with E-state index in [0.717, 1.165) is 28.5 Å². The minimum atomic E-state index is -0.334. The second kappa shape index (κ2) is 10.2. The van der Waals surface area contributed by atoms with Crippen molar-refractivity contribution >= 4 is 17.7 Å². The molecule has 0 bridgehead atoms. The highest BCUT2D eigenvalue weighted by molar-refractivity contribution is 8.00. The fourth-order valence-electron chi connectivity index (χ4n) is 3.08. The molecule has 1 amide bonds. The minimum Gasteiger partial charge on any atom is -0.496 e. The van der Waals surface area contributed by atoms with Gasteiger partial charge in [-0.15, -0.1) is 10.2 Å². The Labute approximate surface area is 180 Å². The number of aromatic nitrogens is 3. The van der Waals surface area contributed by atoms with Crippen molar-refractivity contribution < 1.29 is 14.3 Å². The quantitative estimate of drug-likeness (QED) is 0.525. The Morgan fingerprint density at radius 3 is 2.43 bits per heavy atom. The van der Waals surface area contributed by atoms with E-state index in [-0.39, 0.29) is 11.2 Å². The van der Waals surface area contributed by atoms with Crippen molar-refractivity contribution in [2.75, 3.05) is 14.2 Å². The van der Waals surface area contributed by atoms with Gasteiger partial charge >= 0.3 is 0 Å². The first kappa shape index (κ1) is 21.7. The van der Waals surface area contributed by atoms with Crippen LogP contribution in [0.2, 0.25) is 0 Å². The average Bonchev–Trinajstić information content (AvgIpc) is 3.19. The number of methoxy groups -OCH3 is 2. The number of hydrogen-bond donors (Lipinski definition) is 1. The lowest BCUT2D eigenvalue weighted by Gasteiger charge is -2.14. The summed E-state index contributed by atoms with van der Waals surface area (Å²) < 4.78 is 12.8. The molecule has 0 spiro atoms. The molecule has 0 aliphatic carbocycles. The van der Waals surface area contributed by atoms with Crippen LogP contribution in [0.5, 0.6) is 11.5 Å². The van der Waals surface area contributed by atoms with E-state index in [2.05, 4.69) is 15.5 Å². The molecule has 3 aromatic rings. The lowest BCUT2D eigenvalue weighted by Crippen LogP contribution is -2.30. The Morgan fingerprint density at radius 2 is 1.73 bits per heavy atom. The summed E-state index contributed by atoms with van der Waals surface area (Å²) >= 11 is 1.38. The van der Waals surface area contributed by atoms with Gasteiger partial charge in [0.05, 0.1) is 25.0 Å². The first-order chi connectivity index (χ1) is 14.6. The fraction of sp³-hybridized carbons (Fsp3) is 0.318. The highest BCUT2D eigenvalue weighted by Crippen LogP contribution is 2.32. The van der Waals surface area contributed by atoms with Crippen LogP contribution in [-0.4, -0.2) is 40.1 Å². The Balaban J connectivity index is 1.71. The summed E-state index contributed by atoms with van der Waals surface area (Å²) in [4.78, 5) is 12.6. The highest BCUT2D eigenvalue weighted by Gasteiger charge is 2.21. The number of carbonyl (C=O) groups excluding carboxylic acids is 1. The third kappa shape index (κ3) is 4.76. The van der Waals surface area contributed by atoms with E-state index in [0.29, 0.717) is 18.2 Å². The molecule has 1 aromatic heterocycles. The number of amides is 1. The molecule has 1 heterocycles. The second-order valence-electron chi connectivity index (χ2n) is 6.54. The van der Waals surface area contributed by atoms with Gasteiger partial charge in [-0.2, -0.15) is 0 Å². The maximum Gasteiger partial charge on any atom is 0.233 e. The minimum absolute atomic E-state index is 0.0737. The predicted molar refractivity (Wildman–Crippen MR) is 118 cm³/mol. The smallest absolute Gasteiger partial charge is 0.233 e. The molecule has 0 aliphatic rings. The van der Waals surface area contributed by atoms with Crippen LogP contribution in [0.25, 0.3) is 11.4 Å². The third-order valence-electron chi connectivity index (χ3n) is 4.68. The Morgan fingerprint density at radius 1 is 1.07 bits per heavy atom. The molecule has 0 saturated heterocycles. The van der Waals surface area contributed by atoms with Crippen molar-refractivity contribution in [1.29, 1.82) is 0 Å². The normalized spacial score (nSPS) is 11.7. The molecule has 0 fully saturated rings. The number of nitrogens with one attached hydrogen (secondary N) is 1. The fourth-order valence-corrected chi connectivity index (χ4v) is 4.01. The molecular weight excluding hydrogens is 400 g/mol. The zero-order valence-electron chi connectivity index (χ0n) is 17.6. The van der Waals surface area contributed by atoms with Crippen LogP contribution >= 0.6 is 11.8 Å². The second-order valence-corrected chi connectivity index (χ2v) is 7.85. The molecule has 8 heteroatoms. The van der Waals surface area contributed by atoms with Gasteiger partial charge < -0.3 is 19.4 Å². The summed E-state index contributed by atoms with van der Waals surface area (Å²) in [6.07, 6.45) is 0. The van der Waals surface area contributed by atoms with Gasteiger partial charge in [-0.3, -0.25) is 4.79 Å². The summed E-state index contributed by atoms with van der Waals surface area (Å²) in [6.45, 7) is 4.97. The maximum atomic E-state index is 12.6. The van der Waals surface area contributed by atoms with E-state index in [1.807, 2.05) is 66.9 Å². The molecule has 158 valence electrons. The molecule has 2 aromatic carbocycles. The van der Waals surface area contributed by atoms with Gasteiger partial charge in [0.15, 0.2) is 11.0 Å². The Bertz CT molecular complexity index is 1010. The van der Waals surface area contributed by atoms with E-state index >= 15 is 0 Å². The largest absolute Gasteiger partial charge is 0.496 e. The molecule has 1 unspecified atom stereocenters. The van der Waals surface area contributed by atoms with E-state index in [1.54, 1.807) is 14.2 Å². The van der Waals surface area contributed by atoms with E-state index in [4.69, 9.17) is 9.47 Å². The molecular formula is C22H26N4O3S. The molecule has 0 aliphatic heterocycles. The summed E-state index contributed by atoms with van der Waals surface area (Å²) in [5.41, 5.74) is 1.80. The van der Waals surface area contributed by atoms with Crippen LogP contribution in [0.4, 0.5) is 0 Å². The Kier molecular flexibility index (Phi) is 7.35. The summed E-state index contributed by atoms with van der Waals surface area (Å²) in [5, 5.41) is 12.0. The van der Waals surface area contributed by atoms with Crippen molar-refractivity contribution in [1.82, 2.24) is 20.1 Å². The van der Waals surface area contributed by atoms with Crippen LogP contribution in [0.15, 0.2) is 53.7 Å². The van der Waals surface area contributed by atoms with Gasteiger partial charge in [0.1, 0.15) is 11.5 Å². The number of thioether (sulfide) groups is 1. The van der Waals surface area contributed by atoms with Crippen LogP contribution in [0.1, 0.15) is 19.4 Å². The molecule has 1 N–H and O–H groups in total. The number of hydrogen-bond acceptors (Lipinski definition) is 6. The van der Waals surface area contributed by atoms with Gasteiger partial charge in [-0.25, -0.2) is 0 Å². The van der Waals surface area contributed by atoms with Gasteiger partial charge in [0, 0.05) is 18.7 Å². The Hall–Kier alpha value is -3.00. The van der Waals surface area contributed by atoms with Gasteiger partial charge in [0.25, 0.3) is 0 Å². The van der Waals surface area contributed by atoms with E-state index < -0.39 is 0 Å². The number of nitrogens with zero attached hydrogens (tertiary/aromatic N) is 3. The van der Waals surface area contributed by atoms with Crippen LogP contribution in [0.3, 0.4) is 0 Å². The number of carbonyl (C=O) groups is 1. The summed E-state index contributed by atoms with van der Waals surface area (Å²) in [7, 11) is 3.26. The zero-order chi connectivity index (χ0) is 21.5. The monoisotopic (exact) mass is 426 g/mol.